The van der Waals surface area contributed by atoms with Gasteiger partial charge >= 0.3 is 0 Å². The lowest BCUT2D eigenvalue weighted by atomic mass is 10.2. The quantitative estimate of drug-likeness (QED) is 0.424. The number of nitrogens with two attached hydrogens (primary N) is 1. The number of amides is 1. The summed E-state index contributed by atoms with van der Waals surface area (Å²) < 4.78 is 17.1. The van der Waals surface area contributed by atoms with Gasteiger partial charge in [-0.2, -0.15) is 4.98 Å². The molecular formula is C24H26N8O4. The number of anilines is 3. The van der Waals surface area contributed by atoms with Crippen molar-refractivity contribution in [1.82, 2.24) is 25.3 Å². The second-order valence-corrected chi connectivity index (χ2v) is 8.82. The van der Waals surface area contributed by atoms with E-state index in [4.69, 9.17) is 19.3 Å². The van der Waals surface area contributed by atoms with Crippen molar-refractivity contribution in [3.8, 4) is 11.5 Å². The summed E-state index contributed by atoms with van der Waals surface area (Å²) in [5, 5.41) is 3.37. The number of aromatic nitrogens is 4. The number of nitrogens with one attached hydrogen (secondary N) is 1. The highest BCUT2D eigenvalue weighted by Gasteiger charge is 2.33. The maximum absolute atomic E-state index is 13.8. The predicted molar refractivity (Wildman–Crippen MR) is 132 cm³/mol. The number of morpholine rings is 1. The van der Waals surface area contributed by atoms with E-state index >= 15 is 0 Å². The van der Waals surface area contributed by atoms with Crippen molar-refractivity contribution in [1.29, 1.82) is 0 Å². The van der Waals surface area contributed by atoms with Gasteiger partial charge < -0.3 is 24.2 Å². The molecule has 0 spiro atoms. The molecule has 0 saturated carbocycles. The highest BCUT2D eigenvalue weighted by Crippen LogP contribution is 2.33. The summed E-state index contributed by atoms with van der Waals surface area (Å²) in [6.45, 7) is 5.23. The summed E-state index contributed by atoms with van der Waals surface area (Å²) in [6.07, 6.45) is 4.45. The van der Waals surface area contributed by atoms with Crippen LogP contribution in [-0.4, -0.2) is 64.9 Å². The molecule has 4 aromatic heterocycles. The Balaban J connectivity index is 1.36. The van der Waals surface area contributed by atoms with Gasteiger partial charge in [-0.1, -0.05) is 0 Å². The van der Waals surface area contributed by atoms with Crippen LogP contribution < -0.4 is 20.9 Å². The van der Waals surface area contributed by atoms with Gasteiger partial charge in [-0.3, -0.25) is 20.0 Å². The predicted octanol–water partition coefficient (Wildman–Crippen LogP) is 2.36. The lowest BCUT2D eigenvalue weighted by Crippen LogP contribution is -2.46. The van der Waals surface area contributed by atoms with Crippen LogP contribution in [-0.2, 0) is 4.74 Å². The molecule has 0 aliphatic carbocycles. The average molecular weight is 491 g/mol. The summed E-state index contributed by atoms with van der Waals surface area (Å²) >= 11 is 0. The zero-order valence-electron chi connectivity index (χ0n) is 19.8. The van der Waals surface area contributed by atoms with Crippen LogP contribution in [0.1, 0.15) is 29.0 Å². The number of nitrogen functional groups attached to an aromatic ring is 1. The molecule has 36 heavy (non-hydrogen) atoms. The Kier molecular flexibility index (Phi) is 5.74. The molecule has 3 N–H and O–H groups in total. The van der Waals surface area contributed by atoms with E-state index in [1.807, 2.05) is 17.9 Å². The molecule has 12 nitrogen and oxygen atoms in total. The minimum absolute atomic E-state index is 0.166. The number of carbonyl (C=O) groups excluding carboxylic acids is 1. The Labute approximate surface area is 206 Å². The minimum atomic E-state index is -0.351. The SMILES string of the molecule is Cc1cc(-c2nc(C(=O)N(c3cc4oc(N5CCOCC5)nc4nc3N)C3CCCN3)co2)ccn1. The monoisotopic (exact) mass is 490 g/mol. The number of pyridine rings is 2. The molecule has 2 fully saturated rings. The molecule has 1 amide bonds. The largest absolute Gasteiger partial charge is 0.444 e. The number of hydrogen-bond donors (Lipinski definition) is 2. The Morgan fingerprint density at radius 2 is 2.08 bits per heavy atom. The van der Waals surface area contributed by atoms with Crippen molar-refractivity contribution in [2.24, 2.45) is 0 Å². The first-order valence-electron chi connectivity index (χ1n) is 11.9. The first kappa shape index (κ1) is 22.4. The van der Waals surface area contributed by atoms with E-state index in [2.05, 4.69) is 25.3 Å². The maximum Gasteiger partial charge on any atom is 0.300 e. The van der Waals surface area contributed by atoms with Crippen molar-refractivity contribution < 1.29 is 18.4 Å². The third-order valence-electron chi connectivity index (χ3n) is 6.35. The molecule has 6 rings (SSSR count). The molecule has 12 heteroatoms. The second-order valence-electron chi connectivity index (χ2n) is 8.82. The van der Waals surface area contributed by atoms with Gasteiger partial charge in [0, 0.05) is 36.6 Å². The zero-order valence-corrected chi connectivity index (χ0v) is 19.8. The molecular weight excluding hydrogens is 464 g/mol. The molecule has 4 aromatic rings. The lowest BCUT2D eigenvalue weighted by Gasteiger charge is -2.28. The standard InChI is InChI=1S/C24H26N8O4/c1-14-11-15(4-6-26-14)22-28-16(13-35-22)23(33)32(19-3-2-5-27-19)17-12-18-21(29-20(17)25)30-24(36-18)31-7-9-34-10-8-31/h4,6,11-13,19,27H,2-3,5,7-10H2,1H3,(H2,25,29). The van der Waals surface area contributed by atoms with Gasteiger partial charge in [-0.25, -0.2) is 9.97 Å². The van der Waals surface area contributed by atoms with Crippen LogP contribution in [0.4, 0.5) is 17.5 Å². The van der Waals surface area contributed by atoms with Crippen molar-refractivity contribution in [3.05, 3.63) is 42.0 Å². The first-order chi connectivity index (χ1) is 17.6. The van der Waals surface area contributed by atoms with E-state index in [-0.39, 0.29) is 23.6 Å². The molecule has 0 bridgehead atoms. The van der Waals surface area contributed by atoms with Crippen LogP contribution in [0.2, 0.25) is 0 Å². The van der Waals surface area contributed by atoms with Gasteiger partial charge in [-0.05, 0) is 38.4 Å². The highest BCUT2D eigenvalue weighted by molar-refractivity contribution is 6.07. The van der Waals surface area contributed by atoms with Crippen LogP contribution in [0.3, 0.4) is 0 Å². The molecule has 0 aromatic carbocycles. The van der Waals surface area contributed by atoms with Crippen molar-refractivity contribution in [2.45, 2.75) is 25.9 Å². The molecule has 1 atom stereocenters. The molecule has 186 valence electrons. The van der Waals surface area contributed by atoms with Gasteiger partial charge in [0.25, 0.3) is 11.9 Å². The number of carbonyl (C=O) groups is 1. The Morgan fingerprint density at radius 3 is 2.86 bits per heavy atom. The number of oxazole rings is 2. The number of rotatable bonds is 5. The molecule has 2 saturated heterocycles. The van der Waals surface area contributed by atoms with Crippen molar-refractivity contribution in [2.75, 3.05) is 48.4 Å². The third kappa shape index (κ3) is 4.14. The number of ether oxygens (including phenoxy) is 1. The van der Waals surface area contributed by atoms with E-state index in [1.54, 1.807) is 23.2 Å². The summed E-state index contributed by atoms with van der Waals surface area (Å²) in [5.41, 5.74) is 9.38. The van der Waals surface area contributed by atoms with E-state index < -0.39 is 0 Å². The van der Waals surface area contributed by atoms with Crippen LogP contribution in [0.5, 0.6) is 0 Å². The highest BCUT2D eigenvalue weighted by atomic mass is 16.5. The fourth-order valence-electron chi connectivity index (χ4n) is 4.55. The van der Waals surface area contributed by atoms with Crippen LogP contribution in [0.15, 0.2) is 39.5 Å². The normalized spacial score (nSPS) is 18.1. The number of nitrogens with zero attached hydrogens (tertiary/aromatic N) is 6. The fourth-order valence-corrected chi connectivity index (χ4v) is 4.55. The van der Waals surface area contributed by atoms with Crippen LogP contribution in [0, 0.1) is 6.92 Å². The Morgan fingerprint density at radius 1 is 1.22 bits per heavy atom. The Bertz CT molecular complexity index is 1400. The van der Waals surface area contributed by atoms with E-state index in [9.17, 15) is 4.79 Å². The third-order valence-corrected chi connectivity index (χ3v) is 6.35. The van der Waals surface area contributed by atoms with Gasteiger partial charge in [0.15, 0.2) is 11.3 Å². The van der Waals surface area contributed by atoms with Gasteiger partial charge in [0.2, 0.25) is 11.5 Å². The number of hydrogen-bond acceptors (Lipinski definition) is 11. The summed E-state index contributed by atoms with van der Waals surface area (Å²) in [7, 11) is 0. The maximum atomic E-state index is 13.8. The summed E-state index contributed by atoms with van der Waals surface area (Å²) in [6, 6.07) is 5.82. The Hall–Kier alpha value is -4.03. The second kappa shape index (κ2) is 9.21. The molecule has 1 unspecified atom stereocenters. The number of fused-ring (bicyclic) bond motifs is 1. The van der Waals surface area contributed by atoms with Crippen molar-refractivity contribution >= 4 is 34.7 Å². The van der Waals surface area contributed by atoms with E-state index in [0.717, 1.165) is 30.6 Å². The topological polar surface area (TPSA) is 149 Å². The average Bonchev–Trinajstić information content (AvgIpc) is 3.66. The van der Waals surface area contributed by atoms with Crippen LogP contribution in [0.25, 0.3) is 22.7 Å². The number of aryl methyl sites for hydroxylation is 1. The molecule has 0 radical (unpaired) electrons. The summed E-state index contributed by atoms with van der Waals surface area (Å²) in [5.74, 6) is 0.172. The zero-order chi connectivity index (χ0) is 24.6. The lowest BCUT2D eigenvalue weighted by molar-refractivity contribution is 0.0969. The van der Waals surface area contributed by atoms with Crippen LogP contribution >= 0.6 is 0 Å². The van der Waals surface area contributed by atoms with Crippen molar-refractivity contribution in [3.63, 3.8) is 0 Å². The molecule has 6 heterocycles. The fraction of sp³-hybridized carbons (Fsp3) is 0.375. The minimum Gasteiger partial charge on any atom is -0.444 e. The van der Waals surface area contributed by atoms with Gasteiger partial charge in [-0.15, -0.1) is 0 Å². The van der Waals surface area contributed by atoms with E-state index in [1.165, 1.54) is 6.26 Å². The molecule has 2 aliphatic rings. The van der Waals surface area contributed by atoms with Gasteiger partial charge in [0.1, 0.15) is 12.1 Å². The summed E-state index contributed by atoms with van der Waals surface area (Å²) in [4.78, 5) is 35.0. The smallest absolute Gasteiger partial charge is 0.300 e. The molecule has 2 aliphatic heterocycles. The van der Waals surface area contributed by atoms with E-state index in [0.29, 0.717) is 55.1 Å². The van der Waals surface area contributed by atoms with Gasteiger partial charge in [0.05, 0.1) is 25.1 Å². The first-order valence-corrected chi connectivity index (χ1v) is 11.9.